The van der Waals surface area contributed by atoms with Crippen LogP contribution in [0.4, 0.5) is 9.18 Å². The summed E-state index contributed by atoms with van der Waals surface area (Å²) < 4.78 is 18.2. The Morgan fingerprint density at radius 2 is 1.79 bits per heavy atom. The van der Waals surface area contributed by atoms with Gasteiger partial charge < -0.3 is 15.0 Å². The summed E-state index contributed by atoms with van der Waals surface area (Å²) in [5, 5.41) is 2.52. The fourth-order valence-corrected chi connectivity index (χ4v) is 3.32. The van der Waals surface area contributed by atoms with E-state index in [4.69, 9.17) is 4.74 Å². The van der Waals surface area contributed by atoms with Crippen molar-refractivity contribution >= 4 is 23.8 Å². The predicted molar refractivity (Wildman–Crippen MR) is 95.7 cm³/mol. The number of hydrogen-bond donors (Lipinski definition) is 1. The Hall–Kier alpha value is -2.97. The summed E-state index contributed by atoms with van der Waals surface area (Å²) in [5.41, 5.74) is 0.394. The third-order valence-electron chi connectivity index (χ3n) is 4.97. The van der Waals surface area contributed by atoms with Gasteiger partial charge in [0, 0.05) is 31.7 Å². The quantitative estimate of drug-likeness (QED) is 0.777. The van der Waals surface area contributed by atoms with Gasteiger partial charge in [0.15, 0.2) is 6.10 Å². The normalized spacial score (nSPS) is 18.6. The number of carbonyl (C=O) groups is 4. The maximum Gasteiger partial charge on any atom is 0.324 e. The summed E-state index contributed by atoms with van der Waals surface area (Å²) >= 11 is 0. The lowest BCUT2D eigenvalue weighted by Gasteiger charge is -2.31. The molecule has 2 aliphatic rings. The van der Waals surface area contributed by atoms with E-state index in [0.717, 1.165) is 4.90 Å². The van der Waals surface area contributed by atoms with Crippen molar-refractivity contribution in [1.29, 1.82) is 0 Å². The van der Waals surface area contributed by atoms with Crippen molar-refractivity contribution in [2.24, 2.45) is 5.92 Å². The zero-order chi connectivity index (χ0) is 20.3. The molecule has 28 heavy (non-hydrogen) atoms. The molecule has 1 aromatic carbocycles. The minimum atomic E-state index is -1.05. The van der Waals surface area contributed by atoms with Crippen LogP contribution in [-0.2, 0) is 14.3 Å². The van der Waals surface area contributed by atoms with Crippen LogP contribution < -0.4 is 5.32 Å². The molecule has 0 saturated carbocycles. The topological polar surface area (TPSA) is 96.0 Å². The summed E-state index contributed by atoms with van der Waals surface area (Å²) in [6.07, 6.45) is -0.219. The molecule has 0 radical (unpaired) electrons. The molecule has 4 amide bonds. The lowest BCUT2D eigenvalue weighted by atomic mass is 9.96. The number of hydrogen-bond acceptors (Lipinski definition) is 5. The van der Waals surface area contributed by atoms with Gasteiger partial charge in [0.25, 0.3) is 11.8 Å². The molecule has 3 rings (SSSR count). The van der Waals surface area contributed by atoms with E-state index in [0.29, 0.717) is 38.0 Å². The van der Waals surface area contributed by atoms with Gasteiger partial charge in [-0.3, -0.25) is 19.3 Å². The number of amides is 4. The van der Waals surface area contributed by atoms with Gasteiger partial charge in [-0.05, 0) is 44.0 Å². The van der Waals surface area contributed by atoms with Crippen molar-refractivity contribution in [1.82, 2.24) is 15.1 Å². The van der Waals surface area contributed by atoms with E-state index in [1.54, 1.807) is 4.90 Å². The van der Waals surface area contributed by atoms with Gasteiger partial charge >= 0.3 is 12.0 Å². The fraction of sp³-hybridized carbons (Fsp3) is 0.474. The SMILES string of the molecule is C[C@@H](OC(=O)C1CCN(C(=O)c2ccc(F)cc2)CC1)C(=O)N1CCNC1=O. The molecule has 0 bridgehead atoms. The zero-order valence-corrected chi connectivity index (χ0v) is 15.5. The standard InChI is InChI=1S/C19H22FN3O5/c1-12(16(24)23-11-8-21-19(23)27)28-18(26)14-6-9-22(10-7-14)17(25)13-2-4-15(20)5-3-13/h2-5,12,14H,6-11H2,1H3,(H,21,27)/t12-/m1/s1. The molecule has 150 valence electrons. The molecule has 2 saturated heterocycles. The molecule has 2 fully saturated rings. The predicted octanol–water partition coefficient (Wildman–Crippen LogP) is 1.16. The molecule has 2 heterocycles. The molecule has 0 unspecified atom stereocenters. The second kappa shape index (κ2) is 8.37. The lowest BCUT2D eigenvalue weighted by molar-refractivity contribution is -0.162. The van der Waals surface area contributed by atoms with E-state index in [9.17, 15) is 23.6 Å². The van der Waals surface area contributed by atoms with Crippen LogP contribution in [0, 0.1) is 11.7 Å². The van der Waals surface area contributed by atoms with Gasteiger partial charge in [0.2, 0.25) is 0 Å². The molecule has 0 aromatic heterocycles. The van der Waals surface area contributed by atoms with E-state index in [1.807, 2.05) is 0 Å². The van der Waals surface area contributed by atoms with Crippen LogP contribution in [0.2, 0.25) is 0 Å². The highest BCUT2D eigenvalue weighted by Crippen LogP contribution is 2.21. The number of ether oxygens (including phenoxy) is 1. The molecular weight excluding hydrogens is 369 g/mol. The lowest BCUT2D eigenvalue weighted by Crippen LogP contribution is -2.44. The summed E-state index contributed by atoms with van der Waals surface area (Å²) in [7, 11) is 0. The van der Waals surface area contributed by atoms with Crippen LogP contribution >= 0.6 is 0 Å². The second-order valence-electron chi connectivity index (χ2n) is 6.87. The first-order chi connectivity index (χ1) is 13.4. The fourth-order valence-electron chi connectivity index (χ4n) is 3.32. The summed E-state index contributed by atoms with van der Waals surface area (Å²) in [4.78, 5) is 51.2. The summed E-state index contributed by atoms with van der Waals surface area (Å²) in [6.45, 7) is 2.81. The van der Waals surface area contributed by atoms with E-state index < -0.39 is 35.7 Å². The zero-order valence-electron chi connectivity index (χ0n) is 15.5. The van der Waals surface area contributed by atoms with Crippen LogP contribution in [0.15, 0.2) is 24.3 Å². The third kappa shape index (κ3) is 4.29. The van der Waals surface area contributed by atoms with Crippen molar-refractivity contribution in [3.8, 4) is 0 Å². The molecule has 8 nitrogen and oxygen atoms in total. The Labute approximate surface area is 161 Å². The van der Waals surface area contributed by atoms with E-state index in [1.165, 1.54) is 31.2 Å². The Bertz CT molecular complexity index is 774. The molecule has 1 atom stereocenters. The highest BCUT2D eigenvalue weighted by atomic mass is 19.1. The number of likely N-dealkylation sites (tertiary alicyclic amines) is 1. The van der Waals surface area contributed by atoms with Crippen LogP contribution in [0.3, 0.4) is 0 Å². The molecule has 1 N–H and O–H groups in total. The Morgan fingerprint density at radius 1 is 1.14 bits per heavy atom. The van der Waals surface area contributed by atoms with Crippen LogP contribution in [0.5, 0.6) is 0 Å². The first kappa shape index (κ1) is 19.8. The highest BCUT2D eigenvalue weighted by Gasteiger charge is 2.34. The third-order valence-corrected chi connectivity index (χ3v) is 4.97. The smallest absolute Gasteiger partial charge is 0.324 e. The van der Waals surface area contributed by atoms with E-state index in [2.05, 4.69) is 5.32 Å². The van der Waals surface area contributed by atoms with Gasteiger partial charge in [-0.25, -0.2) is 9.18 Å². The Morgan fingerprint density at radius 3 is 2.36 bits per heavy atom. The Balaban J connectivity index is 1.49. The van der Waals surface area contributed by atoms with Crippen molar-refractivity contribution < 1.29 is 28.3 Å². The molecule has 2 aliphatic heterocycles. The number of piperidine rings is 1. The number of rotatable bonds is 4. The average molecular weight is 391 g/mol. The number of halogens is 1. The van der Waals surface area contributed by atoms with Gasteiger partial charge in [0.05, 0.1) is 5.92 Å². The van der Waals surface area contributed by atoms with E-state index >= 15 is 0 Å². The van der Waals surface area contributed by atoms with Gasteiger partial charge in [-0.2, -0.15) is 0 Å². The number of nitrogens with zero attached hydrogens (tertiary/aromatic N) is 2. The van der Waals surface area contributed by atoms with Gasteiger partial charge in [-0.1, -0.05) is 0 Å². The number of esters is 1. The molecular formula is C19H22FN3O5. The monoisotopic (exact) mass is 391 g/mol. The minimum absolute atomic E-state index is 0.213. The molecule has 0 aliphatic carbocycles. The van der Waals surface area contributed by atoms with Crippen molar-refractivity contribution in [3.05, 3.63) is 35.6 Å². The number of nitrogens with one attached hydrogen (secondary N) is 1. The van der Waals surface area contributed by atoms with Gasteiger partial charge in [-0.15, -0.1) is 0 Å². The minimum Gasteiger partial charge on any atom is -0.452 e. The maximum absolute atomic E-state index is 13.0. The van der Waals surface area contributed by atoms with Crippen molar-refractivity contribution in [3.63, 3.8) is 0 Å². The Kier molecular flexibility index (Phi) is 5.91. The summed E-state index contributed by atoms with van der Waals surface area (Å²) in [6, 6.07) is 4.84. The number of imide groups is 1. The molecule has 0 spiro atoms. The number of urea groups is 1. The first-order valence-corrected chi connectivity index (χ1v) is 9.21. The van der Waals surface area contributed by atoms with Crippen molar-refractivity contribution in [2.45, 2.75) is 25.9 Å². The van der Waals surface area contributed by atoms with Crippen LogP contribution in [-0.4, -0.2) is 65.9 Å². The number of benzene rings is 1. The highest BCUT2D eigenvalue weighted by molar-refractivity contribution is 5.98. The van der Waals surface area contributed by atoms with Crippen molar-refractivity contribution in [2.75, 3.05) is 26.2 Å². The average Bonchev–Trinajstić information content (AvgIpc) is 3.13. The maximum atomic E-state index is 13.0. The van der Waals surface area contributed by atoms with Crippen LogP contribution in [0.1, 0.15) is 30.1 Å². The first-order valence-electron chi connectivity index (χ1n) is 9.21. The largest absolute Gasteiger partial charge is 0.452 e. The molecule has 9 heteroatoms. The summed E-state index contributed by atoms with van der Waals surface area (Å²) in [5.74, 6) is -2.09. The van der Waals surface area contributed by atoms with Crippen LogP contribution in [0.25, 0.3) is 0 Å². The molecule has 1 aromatic rings. The van der Waals surface area contributed by atoms with Gasteiger partial charge in [0.1, 0.15) is 5.82 Å². The second-order valence-corrected chi connectivity index (χ2v) is 6.87. The number of carbonyl (C=O) groups excluding carboxylic acids is 4. The van der Waals surface area contributed by atoms with E-state index in [-0.39, 0.29) is 12.5 Å².